The van der Waals surface area contributed by atoms with E-state index in [0.29, 0.717) is 11.3 Å². The molecule has 0 radical (unpaired) electrons. The van der Waals surface area contributed by atoms with E-state index in [9.17, 15) is 0 Å². The zero-order valence-electron chi connectivity index (χ0n) is 8.28. The number of aromatic nitrogens is 2. The van der Waals surface area contributed by atoms with E-state index < -0.39 is 0 Å². The second-order valence-corrected chi connectivity index (χ2v) is 4.09. The van der Waals surface area contributed by atoms with Gasteiger partial charge in [-0.05, 0) is 37.8 Å². The Morgan fingerprint density at radius 1 is 1.36 bits per heavy atom. The van der Waals surface area contributed by atoms with Crippen molar-refractivity contribution in [2.75, 3.05) is 11.4 Å². The van der Waals surface area contributed by atoms with E-state index in [0.717, 1.165) is 12.2 Å². The van der Waals surface area contributed by atoms with Crippen molar-refractivity contribution >= 4 is 17.3 Å². The molecule has 2 rings (SSSR count). The highest BCUT2D eigenvalue weighted by Gasteiger charge is 2.18. The number of anilines is 1. The lowest BCUT2D eigenvalue weighted by Gasteiger charge is -2.34. The van der Waals surface area contributed by atoms with Gasteiger partial charge in [-0.3, -0.25) is 0 Å². The van der Waals surface area contributed by atoms with E-state index >= 15 is 0 Å². The molecule has 0 bridgehead atoms. The maximum absolute atomic E-state index is 5.65. The average molecular weight is 212 g/mol. The van der Waals surface area contributed by atoms with Crippen molar-refractivity contribution in [2.45, 2.75) is 32.2 Å². The summed E-state index contributed by atoms with van der Waals surface area (Å²) in [7, 11) is 0. The average Bonchev–Trinajstić information content (AvgIpc) is 2.20. The van der Waals surface area contributed by atoms with Crippen molar-refractivity contribution in [1.29, 1.82) is 0 Å². The highest BCUT2D eigenvalue weighted by molar-refractivity contribution is 6.28. The maximum atomic E-state index is 5.65. The first-order valence-electron chi connectivity index (χ1n) is 5.01. The van der Waals surface area contributed by atoms with Gasteiger partial charge in [0.1, 0.15) is 0 Å². The Bertz CT molecular complexity index is 299. The Morgan fingerprint density at radius 3 is 2.71 bits per heavy atom. The van der Waals surface area contributed by atoms with E-state index in [4.69, 9.17) is 11.6 Å². The molecule has 4 heteroatoms. The maximum Gasteiger partial charge on any atom is 0.222 e. The van der Waals surface area contributed by atoms with Gasteiger partial charge < -0.3 is 4.90 Å². The fourth-order valence-corrected chi connectivity index (χ4v) is 2.03. The Kier molecular flexibility index (Phi) is 2.87. The van der Waals surface area contributed by atoms with Gasteiger partial charge in [-0.2, -0.15) is 0 Å². The van der Waals surface area contributed by atoms with Crippen LogP contribution < -0.4 is 4.90 Å². The molecule has 1 fully saturated rings. The lowest BCUT2D eigenvalue weighted by molar-refractivity contribution is 0.484. The summed E-state index contributed by atoms with van der Waals surface area (Å²) in [6, 6.07) is 0.591. The fourth-order valence-electron chi connectivity index (χ4n) is 1.94. The molecule has 3 nitrogen and oxygen atoms in total. The van der Waals surface area contributed by atoms with Crippen molar-refractivity contribution < 1.29 is 0 Å². The van der Waals surface area contributed by atoms with Gasteiger partial charge in [0.05, 0.1) is 18.1 Å². The standard InChI is InChI=1S/C10H14ClN3/c1-8-4-2-3-5-14(8)9-6-12-10(11)13-7-9/h6-8H,2-5H2,1H3. The van der Waals surface area contributed by atoms with E-state index in [2.05, 4.69) is 21.8 Å². The number of hydrogen-bond donors (Lipinski definition) is 0. The normalized spacial score (nSPS) is 22.4. The monoisotopic (exact) mass is 211 g/mol. The Morgan fingerprint density at radius 2 is 2.07 bits per heavy atom. The summed E-state index contributed by atoms with van der Waals surface area (Å²) in [6.45, 7) is 3.35. The molecule has 2 heterocycles. The minimum Gasteiger partial charge on any atom is -0.366 e. The van der Waals surface area contributed by atoms with E-state index in [-0.39, 0.29) is 0 Å². The molecular weight excluding hydrogens is 198 g/mol. The van der Waals surface area contributed by atoms with Crippen LogP contribution in [0.3, 0.4) is 0 Å². The number of piperidine rings is 1. The number of hydrogen-bond acceptors (Lipinski definition) is 3. The molecular formula is C10H14ClN3. The van der Waals surface area contributed by atoms with Gasteiger partial charge in [0.15, 0.2) is 0 Å². The Hall–Kier alpha value is -0.830. The van der Waals surface area contributed by atoms with Crippen molar-refractivity contribution in [1.82, 2.24) is 9.97 Å². The van der Waals surface area contributed by atoms with Crippen LogP contribution in [0.4, 0.5) is 5.69 Å². The summed E-state index contributed by atoms with van der Waals surface area (Å²) in [4.78, 5) is 10.3. The lowest BCUT2D eigenvalue weighted by Crippen LogP contribution is -2.37. The van der Waals surface area contributed by atoms with Crippen LogP contribution in [-0.4, -0.2) is 22.6 Å². The van der Waals surface area contributed by atoms with Gasteiger partial charge in [-0.15, -0.1) is 0 Å². The highest BCUT2D eigenvalue weighted by Crippen LogP contribution is 2.23. The third-order valence-electron chi connectivity index (χ3n) is 2.74. The summed E-state index contributed by atoms with van der Waals surface area (Å²) in [5.74, 6) is 0. The minimum atomic E-state index is 0.318. The zero-order valence-corrected chi connectivity index (χ0v) is 9.04. The second-order valence-electron chi connectivity index (χ2n) is 3.75. The molecule has 1 atom stereocenters. The molecule has 1 aromatic heterocycles. The van der Waals surface area contributed by atoms with Crippen LogP contribution in [0, 0.1) is 0 Å². The SMILES string of the molecule is CC1CCCCN1c1cnc(Cl)nc1. The van der Waals surface area contributed by atoms with Gasteiger partial charge in [0.25, 0.3) is 0 Å². The molecule has 1 saturated heterocycles. The molecule has 0 amide bonds. The smallest absolute Gasteiger partial charge is 0.222 e. The number of nitrogens with zero attached hydrogens (tertiary/aromatic N) is 3. The summed E-state index contributed by atoms with van der Waals surface area (Å²) in [5, 5.41) is 0.318. The predicted octanol–water partition coefficient (Wildman–Crippen LogP) is 2.51. The molecule has 0 aromatic carbocycles. The molecule has 14 heavy (non-hydrogen) atoms. The molecule has 1 unspecified atom stereocenters. The number of rotatable bonds is 1. The van der Waals surface area contributed by atoms with Crippen molar-refractivity contribution in [3.8, 4) is 0 Å². The van der Waals surface area contributed by atoms with Crippen LogP contribution in [0.2, 0.25) is 5.28 Å². The van der Waals surface area contributed by atoms with Crippen LogP contribution in [-0.2, 0) is 0 Å². The first-order valence-corrected chi connectivity index (χ1v) is 5.39. The van der Waals surface area contributed by atoms with E-state index in [1.54, 1.807) is 12.4 Å². The summed E-state index contributed by atoms with van der Waals surface area (Å²) in [5.41, 5.74) is 1.08. The van der Waals surface area contributed by atoms with Gasteiger partial charge in [0.2, 0.25) is 5.28 Å². The summed E-state index contributed by atoms with van der Waals surface area (Å²) < 4.78 is 0. The largest absolute Gasteiger partial charge is 0.366 e. The highest BCUT2D eigenvalue weighted by atomic mass is 35.5. The van der Waals surface area contributed by atoms with Crippen LogP contribution in [0.15, 0.2) is 12.4 Å². The van der Waals surface area contributed by atoms with Crippen LogP contribution in [0.1, 0.15) is 26.2 Å². The van der Waals surface area contributed by atoms with Gasteiger partial charge in [0, 0.05) is 12.6 Å². The van der Waals surface area contributed by atoms with Crippen molar-refractivity contribution in [3.05, 3.63) is 17.7 Å². The van der Waals surface area contributed by atoms with Gasteiger partial charge in [-0.25, -0.2) is 9.97 Å². The van der Waals surface area contributed by atoms with Crippen molar-refractivity contribution in [2.24, 2.45) is 0 Å². The van der Waals surface area contributed by atoms with Gasteiger partial charge in [-0.1, -0.05) is 0 Å². The predicted molar refractivity (Wildman–Crippen MR) is 57.7 cm³/mol. The van der Waals surface area contributed by atoms with E-state index in [1.165, 1.54) is 19.3 Å². The van der Waals surface area contributed by atoms with Crippen LogP contribution in [0.25, 0.3) is 0 Å². The topological polar surface area (TPSA) is 29.0 Å². The quantitative estimate of drug-likeness (QED) is 0.669. The fraction of sp³-hybridized carbons (Fsp3) is 0.600. The van der Waals surface area contributed by atoms with Crippen LogP contribution >= 0.6 is 11.6 Å². The Labute approximate surface area is 89.1 Å². The first-order chi connectivity index (χ1) is 6.77. The summed E-state index contributed by atoms with van der Waals surface area (Å²) in [6.07, 6.45) is 7.44. The number of halogens is 1. The van der Waals surface area contributed by atoms with Crippen LogP contribution in [0.5, 0.6) is 0 Å². The van der Waals surface area contributed by atoms with Crippen molar-refractivity contribution in [3.63, 3.8) is 0 Å². The molecule has 0 N–H and O–H groups in total. The first kappa shape index (κ1) is 9.71. The zero-order chi connectivity index (χ0) is 9.97. The van der Waals surface area contributed by atoms with E-state index in [1.807, 2.05) is 0 Å². The summed E-state index contributed by atoms with van der Waals surface area (Å²) >= 11 is 5.65. The minimum absolute atomic E-state index is 0.318. The van der Waals surface area contributed by atoms with Gasteiger partial charge >= 0.3 is 0 Å². The molecule has 76 valence electrons. The molecule has 0 aliphatic carbocycles. The molecule has 1 aliphatic rings. The second kappa shape index (κ2) is 4.13. The Balaban J connectivity index is 2.16. The third kappa shape index (κ3) is 1.98. The lowest BCUT2D eigenvalue weighted by atomic mass is 10.0. The molecule has 1 aliphatic heterocycles. The molecule has 1 aromatic rings. The third-order valence-corrected chi connectivity index (χ3v) is 2.94. The molecule has 0 saturated carbocycles. The molecule has 0 spiro atoms.